The fourth-order valence-electron chi connectivity index (χ4n) is 2.39. The fraction of sp³-hybridized carbons (Fsp3) is 0.267. The topological polar surface area (TPSA) is 70.2 Å². The maximum absolute atomic E-state index is 12.3. The maximum Gasteiger partial charge on any atom is 0.274 e. The van der Waals surface area contributed by atoms with E-state index in [0.29, 0.717) is 16.0 Å². The van der Waals surface area contributed by atoms with Crippen molar-refractivity contribution in [2.24, 2.45) is 0 Å². The smallest absolute Gasteiger partial charge is 0.274 e. The van der Waals surface area contributed by atoms with Gasteiger partial charge < -0.3 is 15.5 Å². The van der Waals surface area contributed by atoms with E-state index in [4.69, 9.17) is 0 Å². The monoisotopic (exact) mass is 361 g/mol. The van der Waals surface area contributed by atoms with Gasteiger partial charge in [-0.1, -0.05) is 6.07 Å². The summed E-state index contributed by atoms with van der Waals surface area (Å²) in [5.41, 5.74) is 2.06. The number of aromatic nitrogens is 2. The lowest BCUT2D eigenvalue weighted by Crippen LogP contribution is -2.43. The van der Waals surface area contributed by atoms with E-state index in [1.165, 1.54) is 0 Å². The Morgan fingerprint density at radius 3 is 2.86 bits per heavy atom. The zero-order chi connectivity index (χ0) is 15.4. The molecule has 1 fully saturated rings. The molecular weight excluding hydrogens is 346 g/mol. The van der Waals surface area contributed by atoms with Crippen molar-refractivity contribution < 1.29 is 4.79 Å². The van der Waals surface area contributed by atoms with Gasteiger partial charge in [0.1, 0.15) is 10.3 Å². The van der Waals surface area contributed by atoms with Gasteiger partial charge in [-0.15, -0.1) is 0 Å². The van der Waals surface area contributed by atoms with Gasteiger partial charge in [-0.25, -0.2) is 4.98 Å². The van der Waals surface area contributed by atoms with E-state index in [2.05, 4.69) is 41.4 Å². The number of nitrogens with one attached hydrogen (secondary N) is 2. The molecule has 3 heterocycles. The summed E-state index contributed by atoms with van der Waals surface area (Å²) in [5, 5.41) is 6.22. The molecule has 0 bridgehead atoms. The summed E-state index contributed by atoms with van der Waals surface area (Å²) in [6.45, 7) is 3.68. The second kappa shape index (κ2) is 6.85. The van der Waals surface area contributed by atoms with Crippen LogP contribution in [0, 0.1) is 0 Å². The molecule has 1 amide bonds. The number of hydrogen-bond acceptors (Lipinski definition) is 5. The average Bonchev–Trinajstić information content (AvgIpc) is 2.56. The van der Waals surface area contributed by atoms with E-state index in [1.54, 1.807) is 30.6 Å². The summed E-state index contributed by atoms with van der Waals surface area (Å²) < 4.78 is 0.633. The van der Waals surface area contributed by atoms with E-state index < -0.39 is 0 Å². The first-order valence-electron chi connectivity index (χ1n) is 7.07. The number of pyridine rings is 2. The van der Waals surface area contributed by atoms with Crippen molar-refractivity contribution in [1.82, 2.24) is 15.3 Å². The number of amides is 1. The number of anilines is 2. The lowest BCUT2D eigenvalue weighted by atomic mass is 10.2. The van der Waals surface area contributed by atoms with Crippen LogP contribution in [-0.4, -0.2) is 42.1 Å². The average molecular weight is 362 g/mol. The summed E-state index contributed by atoms with van der Waals surface area (Å²) in [6.07, 6.45) is 3.41. The van der Waals surface area contributed by atoms with E-state index in [1.807, 2.05) is 6.07 Å². The maximum atomic E-state index is 12.3. The van der Waals surface area contributed by atoms with Crippen molar-refractivity contribution in [2.75, 3.05) is 36.4 Å². The van der Waals surface area contributed by atoms with Gasteiger partial charge in [0.2, 0.25) is 0 Å². The predicted molar refractivity (Wildman–Crippen MR) is 89.2 cm³/mol. The molecule has 1 aliphatic rings. The second-order valence-corrected chi connectivity index (χ2v) is 5.74. The Bertz CT molecular complexity index is 672. The van der Waals surface area contributed by atoms with Crippen LogP contribution in [0.15, 0.2) is 41.3 Å². The Labute approximate surface area is 137 Å². The van der Waals surface area contributed by atoms with Crippen molar-refractivity contribution >= 4 is 33.2 Å². The van der Waals surface area contributed by atoms with E-state index in [-0.39, 0.29) is 5.91 Å². The highest BCUT2D eigenvalue weighted by Crippen LogP contribution is 2.25. The van der Waals surface area contributed by atoms with Crippen LogP contribution < -0.4 is 15.5 Å². The van der Waals surface area contributed by atoms with Gasteiger partial charge >= 0.3 is 0 Å². The molecule has 0 unspecified atom stereocenters. The van der Waals surface area contributed by atoms with Crippen LogP contribution in [0.1, 0.15) is 10.5 Å². The molecule has 7 heteroatoms. The molecule has 2 aromatic rings. The Morgan fingerprint density at radius 2 is 2.09 bits per heavy atom. The first kappa shape index (κ1) is 14.9. The molecule has 114 valence electrons. The molecule has 1 aliphatic heterocycles. The molecule has 22 heavy (non-hydrogen) atoms. The van der Waals surface area contributed by atoms with Crippen LogP contribution in [0.3, 0.4) is 0 Å². The zero-order valence-corrected chi connectivity index (χ0v) is 13.5. The Balaban J connectivity index is 1.81. The summed E-state index contributed by atoms with van der Waals surface area (Å²) in [7, 11) is 0. The number of halogens is 1. The quantitative estimate of drug-likeness (QED) is 0.817. The summed E-state index contributed by atoms with van der Waals surface area (Å²) >= 11 is 3.27. The molecule has 0 atom stereocenters. The van der Waals surface area contributed by atoms with Gasteiger partial charge in [-0.2, -0.15) is 0 Å². The van der Waals surface area contributed by atoms with Crippen LogP contribution in [0.2, 0.25) is 0 Å². The van der Waals surface area contributed by atoms with Gasteiger partial charge in [0.15, 0.2) is 0 Å². The van der Waals surface area contributed by atoms with E-state index in [9.17, 15) is 4.79 Å². The van der Waals surface area contributed by atoms with Gasteiger partial charge in [0.25, 0.3) is 5.91 Å². The number of hydrogen-bond donors (Lipinski definition) is 2. The third-order valence-electron chi connectivity index (χ3n) is 3.45. The molecule has 0 aromatic carbocycles. The Hall–Kier alpha value is -1.99. The first-order valence-corrected chi connectivity index (χ1v) is 7.87. The molecule has 0 spiro atoms. The van der Waals surface area contributed by atoms with Crippen LogP contribution in [0.25, 0.3) is 0 Å². The minimum atomic E-state index is -0.245. The van der Waals surface area contributed by atoms with Gasteiger partial charge in [0.05, 0.1) is 17.6 Å². The lowest BCUT2D eigenvalue weighted by Gasteiger charge is -2.30. The molecule has 2 aromatic heterocycles. The molecule has 0 aliphatic carbocycles. The number of carbonyl (C=O) groups is 1. The number of carbonyl (C=O) groups excluding carboxylic acids is 1. The minimum Gasteiger partial charge on any atom is -0.367 e. The number of piperazine rings is 1. The van der Waals surface area contributed by atoms with Crippen molar-refractivity contribution in [1.29, 1.82) is 0 Å². The van der Waals surface area contributed by atoms with Crippen LogP contribution in [0.4, 0.5) is 11.4 Å². The number of rotatable bonds is 3. The molecule has 1 saturated heterocycles. The van der Waals surface area contributed by atoms with Gasteiger partial charge in [0, 0.05) is 32.4 Å². The summed E-state index contributed by atoms with van der Waals surface area (Å²) in [4.78, 5) is 22.9. The molecule has 3 rings (SSSR count). The van der Waals surface area contributed by atoms with Crippen LogP contribution >= 0.6 is 15.9 Å². The highest BCUT2D eigenvalue weighted by Gasteiger charge is 2.16. The third kappa shape index (κ3) is 3.42. The standard InChI is InChI=1S/C15H16BrN5O/c16-14-3-1-2-11(19-14)15(22)20-12-10-18-5-4-13(12)21-8-6-17-7-9-21/h1-5,10,17H,6-9H2,(H,20,22). The predicted octanol–water partition coefficient (Wildman–Crippen LogP) is 1.90. The zero-order valence-electron chi connectivity index (χ0n) is 11.9. The van der Waals surface area contributed by atoms with Crippen LogP contribution in [0.5, 0.6) is 0 Å². The van der Waals surface area contributed by atoms with Crippen LogP contribution in [-0.2, 0) is 0 Å². The van der Waals surface area contributed by atoms with Crippen molar-refractivity contribution in [3.8, 4) is 0 Å². The summed E-state index contributed by atoms with van der Waals surface area (Å²) in [6, 6.07) is 7.18. The molecular formula is C15H16BrN5O. The SMILES string of the molecule is O=C(Nc1cnccc1N1CCNCC1)c1cccc(Br)n1. The third-order valence-corrected chi connectivity index (χ3v) is 3.89. The van der Waals surface area contributed by atoms with Gasteiger partial charge in [-0.3, -0.25) is 9.78 Å². The number of nitrogens with zero attached hydrogens (tertiary/aromatic N) is 3. The lowest BCUT2D eigenvalue weighted by molar-refractivity contribution is 0.102. The second-order valence-electron chi connectivity index (χ2n) is 4.93. The fourth-order valence-corrected chi connectivity index (χ4v) is 2.73. The Morgan fingerprint density at radius 1 is 1.27 bits per heavy atom. The Kier molecular flexibility index (Phi) is 4.65. The highest BCUT2D eigenvalue weighted by molar-refractivity contribution is 9.10. The molecule has 0 radical (unpaired) electrons. The normalized spacial score (nSPS) is 14.7. The summed E-state index contributed by atoms with van der Waals surface area (Å²) in [5.74, 6) is -0.245. The van der Waals surface area contributed by atoms with Crippen molar-refractivity contribution in [3.63, 3.8) is 0 Å². The van der Waals surface area contributed by atoms with E-state index >= 15 is 0 Å². The highest BCUT2D eigenvalue weighted by atomic mass is 79.9. The minimum absolute atomic E-state index is 0.245. The van der Waals surface area contributed by atoms with Crippen molar-refractivity contribution in [3.05, 3.63) is 47.0 Å². The van der Waals surface area contributed by atoms with Gasteiger partial charge in [-0.05, 0) is 34.1 Å². The molecule has 6 nitrogen and oxygen atoms in total. The van der Waals surface area contributed by atoms with Crippen molar-refractivity contribution in [2.45, 2.75) is 0 Å². The first-order chi connectivity index (χ1) is 10.7. The largest absolute Gasteiger partial charge is 0.367 e. The molecule has 2 N–H and O–H groups in total. The molecule has 0 saturated carbocycles. The van der Waals surface area contributed by atoms with E-state index in [0.717, 1.165) is 31.9 Å².